The summed E-state index contributed by atoms with van der Waals surface area (Å²) >= 11 is 0. The molecule has 0 aromatic heterocycles. The predicted octanol–water partition coefficient (Wildman–Crippen LogP) is 5.12. The second-order valence-electron chi connectivity index (χ2n) is 8.88. The van der Waals surface area contributed by atoms with Crippen molar-refractivity contribution in [2.24, 2.45) is 0 Å². The van der Waals surface area contributed by atoms with Crippen molar-refractivity contribution in [3.8, 4) is 0 Å². The number of methoxy groups -OCH3 is 1. The van der Waals surface area contributed by atoms with Crippen molar-refractivity contribution in [1.29, 1.82) is 0 Å². The molecular weight excluding hydrogens is 410 g/mol. The Bertz CT molecular complexity index is 966. The van der Waals surface area contributed by atoms with Crippen LogP contribution in [0.4, 0.5) is 0 Å². The van der Waals surface area contributed by atoms with Crippen LogP contribution in [-0.2, 0) is 26.0 Å². The fourth-order valence-electron chi connectivity index (χ4n) is 3.61. The number of esters is 1. The van der Waals surface area contributed by atoms with Gasteiger partial charge in [0.1, 0.15) is 6.04 Å². The lowest BCUT2D eigenvalue weighted by molar-refractivity contribution is -0.142. The Morgan fingerprint density at radius 3 is 1.84 bits per heavy atom. The Hall–Kier alpha value is -2.18. The van der Waals surface area contributed by atoms with E-state index in [0.29, 0.717) is 0 Å². The van der Waals surface area contributed by atoms with Crippen LogP contribution in [0.2, 0.25) is 0 Å². The molecule has 0 fully saturated rings. The molecule has 0 amide bonds. The summed E-state index contributed by atoms with van der Waals surface area (Å²) in [5.41, 5.74) is 3.50. The van der Waals surface area contributed by atoms with Gasteiger partial charge in [0, 0.05) is 0 Å². The maximum Gasteiger partial charge on any atom is 0.324 e. The van der Waals surface area contributed by atoms with E-state index in [1.54, 1.807) is 0 Å². The molecule has 5 nitrogen and oxygen atoms in total. The molecule has 2 aromatic carbocycles. The van der Waals surface area contributed by atoms with E-state index in [9.17, 15) is 13.2 Å². The minimum Gasteiger partial charge on any atom is -0.468 e. The van der Waals surface area contributed by atoms with Gasteiger partial charge in [-0.3, -0.25) is 4.79 Å². The lowest BCUT2D eigenvalue weighted by Gasteiger charge is -2.24. The monoisotopic (exact) mass is 445 g/mol. The molecule has 0 saturated heterocycles. The Kier molecular flexibility index (Phi) is 8.43. The number of hydrogen-bond acceptors (Lipinski definition) is 4. The van der Waals surface area contributed by atoms with Crippen molar-refractivity contribution < 1.29 is 17.9 Å². The van der Waals surface area contributed by atoms with Crippen molar-refractivity contribution in [2.75, 3.05) is 7.11 Å². The summed E-state index contributed by atoms with van der Waals surface area (Å²) in [7, 11) is -2.71. The van der Waals surface area contributed by atoms with Crippen LogP contribution >= 0.6 is 0 Å². The lowest BCUT2D eigenvalue weighted by Crippen LogP contribution is -2.43. The first-order chi connectivity index (χ1) is 14.5. The molecule has 170 valence electrons. The molecule has 2 aromatic rings. The zero-order valence-electron chi connectivity index (χ0n) is 19.6. The van der Waals surface area contributed by atoms with Crippen LogP contribution in [0.3, 0.4) is 0 Å². The van der Waals surface area contributed by atoms with E-state index < -0.39 is 22.0 Å². The maximum atomic E-state index is 13.7. The van der Waals surface area contributed by atoms with E-state index in [0.717, 1.165) is 22.3 Å². The number of carbonyl (C=O) groups excluding carboxylic acids is 1. The third kappa shape index (κ3) is 6.17. The summed E-state index contributed by atoms with van der Waals surface area (Å²) in [4.78, 5) is 12.7. The minimum atomic E-state index is -3.98. The van der Waals surface area contributed by atoms with Gasteiger partial charge in [-0.2, -0.15) is 4.72 Å². The van der Waals surface area contributed by atoms with Crippen molar-refractivity contribution in [3.05, 3.63) is 64.7 Å². The summed E-state index contributed by atoms with van der Waals surface area (Å²) < 4.78 is 34.9. The Balaban J connectivity index is 2.59. The highest BCUT2D eigenvalue weighted by Gasteiger charge is 2.32. The lowest BCUT2D eigenvalue weighted by atomic mass is 9.89. The van der Waals surface area contributed by atoms with Gasteiger partial charge in [0.2, 0.25) is 10.0 Å². The van der Waals surface area contributed by atoms with Gasteiger partial charge < -0.3 is 4.74 Å². The predicted molar refractivity (Wildman–Crippen MR) is 125 cm³/mol. The van der Waals surface area contributed by atoms with E-state index in [1.807, 2.05) is 70.2 Å². The number of sulfonamides is 1. The van der Waals surface area contributed by atoms with Crippen LogP contribution in [-0.4, -0.2) is 27.5 Å². The molecule has 0 spiro atoms. The van der Waals surface area contributed by atoms with Crippen LogP contribution in [0.1, 0.15) is 81.5 Å². The van der Waals surface area contributed by atoms with E-state index in [2.05, 4.69) is 18.6 Å². The third-order valence-corrected chi connectivity index (χ3v) is 7.02. The molecule has 0 saturated carbocycles. The van der Waals surface area contributed by atoms with Gasteiger partial charge in [0.25, 0.3) is 0 Å². The van der Waals surface area contributed by atoms with Gasteiger partial charge in [-0.05, 0) is 46.4 Å². The molecule has 0 radical (unpaired) electrons. The van der Waals surface area contributed by atoms with Crippen molar-refractivity contribution in [3.63, 3.8) is 0 Å². The average Bonchev–Trinajstić information content (AvgIpc) is 2.72. The van der Waals surface area contributed by atoms with Gasteiger partial charge in [-0.1, -0.05) is 84.0 Å². The Morgan fingerprint density at radius 2 is 1.42 bits per heavy atom. The third-order valence-electron chi connectivity index (χ3n) is 5.41. The Labute approximate surface area is 187 Å². The minimum absolute atomic E-state index is 0.00785. The van der Waals surface area contributed by atoms with Crippen molar-refractivity contribution in [2.45, 2.75) is 76.7 Å². The zero-order valence-corrected chi connectivity index (χ0v) is 20.4. The highest BCUT2D eigenvalue weighted by molar-refractivity contribution is 7.89. The van der Waals surface area contributed by atoms with E-state index >= 15 is 0 Å². The van der Waals surface area contributed by atoms with Gasteiger partial charge >= 0.3 is 5.97 Å². The smallest absolute Gasteiger partial charge is 0.324 e. The first-order valence-corrected chi connectivity index (χ1v) is 12.3. The van der Waals surface area contributed by atoms with E-state index in [-0.39, 0.29) is 29.1 Å². The SMILES string of the molecule is COC(=O)C(Cc1ccccc1)NS(=O)(=O)c1c(C(C)C)cc(C(C)C)cc1C(C)C. The van der Waals surface area contributed by atoms with Gasteiger partial charge in [0.05, 0.1) is 12.0 Å². The summed E-state index contributed by atoms with van der Waals surface area (Å²) in [6.07, 6.45) is 0.213. The molecule has 1 N–H and O–H groups in total. The normalized spacial score (nSPS) is 13.1. The first kappa shape index (κ1) is 25.1. The molecule has 0 aliphatic rings. The topological polar surface area (TPSA) is 72.5 Å². The van der Waals surface area contributed by atoms with Crippen LogP contribution in [0.5, 0.6) is 0 Å². The van der Waals surface area contributed by atoms with Crippen molar-refractivity contribution >= 4 is 16.0 Å². The quantitative estimate of drug-likeness (QED) is 0.544. The second-order valence-corrected chi connectivity index (χ2v) is 10.5. The maximum absolute atomic E-state index is 13.7. The molecule has 1 unspecified atom stereocenters. The fourth-order valence-corrected chi connectivity index (χ4v) is 5.49. The summed E-state index contributed by atoms with van der Waals surface area (Å²) in [6.45, 7) is 12.2. The number of hydrogen-bond donors (Lipinski definition) is 1. The molecule has 6 heteroatoms. The number of rotatable bonds is 9. The molecule has 2 rings (SSSR count). The molecule has 0 aliphatic carbocycles. The summed E-state index contributed by atoms with van der Waals surface area (Å²) in [5.74, 6) is -0.314. The zero-order chi connectivity index (χ0) is 23.3. The Morgan fingerprint density at radius 1 is 0.903 bits per heavy atom. The highest BCUT2D eigenvalue weighted by Crippen LogP contribution is 2.35. The van der Waals surface area contributed by atoms with Gasteiger partial charge in [0.15, 0.2) is 0 Å². The van der Waals surface area contributed by atoms with Gasteiger partial charge in [-0.25, -0.2) is 8.42 Å². The van der Waals surface area contributed by atoms with Crippen molar-refractivity contribution in [1.82, 2.24) is 4.72 Å². The molecule has 0 bridgehead atoms. The molecule has 0 aliphatic heterocycles. The van der Waals surface area contributed by atoms with Crippen LogP contribution in [0.25, 0.3) is 0 Å². The van der Waals surface area contributed by atoms with Gasteiger partial charge in [-0.15, -0.1) is 0 Å². The standard InChI is InChI=1S/C25H35NO4S/c1-16(2)20-14-21(17(3)4)24(22(15-20)18(5)6)31(28,29)26-23(25(27)30-7)13-19-11-9-8-10-12-19/h8-12,14-18,23,26H,13H2,1-7H3. The van der Waals surface area contributed by atoms with E-state index in [4.69, 9.17) is 4.74 Å². The molecule has 31 heavy (non-hydrogen) atoms. The largest absolute Gasteiger partial charge is 0.468 e. The molecular formula is C25H35NO4S. The first-order valence-electron chi connectivity index (χ1n) is 10.8. The number of carbonyl (C=O) groups is 1. The van der Waals surface area contributed by atoms with Crippen LogP contribution in [0.15, 0.2) is 47.4 Å². The summed E-state index contributed by atoms with van der Waals surface area (Å²) in [6, 6.07) is 12.3. The number of benzene rings is 2. The average molecular weight is 446 g/mol. The van der Waals surface area contributed by atoms with Crippen LogP contribution in [0, 0.1) is 0 Å². The molecule has 1 atom stereocenters. The van der Waals surface area contributed by atoms with E-state index in [1.165, 1.54) is 7.11 Å². The fraction of sp³-hybridized carbons (Fsp3) is 0.480. The summed E-state index contributed by atoms with van der Waals surface area (Å²) in [5, 5.41) is 0. The highest BCUT2D eigenvalue weighted by atomic mass is 32.2. The second kappa shape index (κ2) is 10.4. The molecule has 0 heterocycles. The number of nitrogens with one attached hydrogen (secondary N) is 1. The number of ether oxygens (including phenoxy) is 1. The van der Waals surface area contributed by atoms with Crippen LogP contribution < -0.4 is 4.72 Å².